The van der Waals surface area contributed by atoms with Crippen LogP contribution in [-0.2, 0) is 4.79 Å². The minimum atomic E-state index is -0.404. The number of benzene rings is 2. The molecular formula is C19H15N3O. The number of nitrogens with one attached hydrogen (secondary N) is 2. The lowest BCUT2D eigenvalue weighted by molar-refractivity contribution is -0.116. The van der Waals surface area contributed by atoms with Gasteiger partial charge in [-0.2, -0.15) is 0 Å². The van der Waals surface area contributed by atoms with E-state index in [2.05, 4.69) is 21.7 Å². The van der Waals surface area contributed by atoms with E-state index in [1.54, 1.807) is 0 Å². The first-order valence-corrected chi connectivity index (χ1v) is 7.49. The smallest absolute Gasteiger partial charge is 0.250 e. The molecule has 0 saturated heterocycles. The van der Waals surface area contributed by atoms with Crippen molar-refractivity contribution in [2.45, 2.75) is 6.04 Å². The molecule has 1 unspecified atom stereocenters. The van der Waals surface area contributed by atoms with E-state index in [1.807, 2.05) is 66.9 Å². The summed E-state index contributed by atoms with van der Waals surface area (Å²) in [6.45, 7) is 0. The standard InChI is InChI=1S/C19H15N3O/c23-19-18(21-16-7-3-4-8-17(16)22-19)10-9-15-11-13-5-1-2-6-14(13)12-20-15/h1-12,18,21H,(H,22,23). The van der Waals surface area contributed by atoms with Crippen LogP contribution in [0, 0.1) is 0 Å². The van der Waals surface area contributed by atoms with Crippen molar-refractivity contribution in [1.82, 2.24) is 4.98 Å². The first kappa shape index (κ1) is 13.5. The summed E-state index contributed by atoms with van der Waals surface area (Å²) in [6, 6.07) is 17.4. The SMILES string of the molecule is O=C1Nc2ccccc2NC1C=Cc1cc2ccccc2cn1. The molecule has 0 radical (unpaired) electrons. The molecule has 4 nitrogen and oxygen atoms in total. The van der Waals surface area contributed by atoms with Gasteiger partial charge in [0.2, 0.25) is 0 Å². The van der Waals surface area contributed by atoms with Gasteiger partial charge in [-0.05, 0) is 29.7 Å². The molecule has 1 aliphatic heterocycles. The Hall–Kier alpha value is -3.14. The van der Waals surface area contributed by atoms with Gasteiger partial charge in [0.05, 0.1) is 17.1 Å². The number of aromatic nitrogens is 1. The summed E-state index contributed by atoms with van der Waals surface area (Å²) in [5, 5.41) is 8.37. The average molecular weight is 301 g/mol. The van der Waals surface area contributed by atoms with Gasteiger partial charge in [0.1, 0.15) is 6.04 Å². The molecule has 4 heteroatoms. The Morgan fingerprint density at radius 1 is 0.957 bits per heavy atom. The molecule has 0 aliphatic carbocycles. The second-order valence-corrected chi connectivity index (χ2v) is 5.47. The van der Waals surface area contributed by atoms with E-state index in [4.69, 9.17) is 0 Å². The Labute approximate surface area is 133 Å². The molecule has 1 aliphatic rings. The number of anilines is 2. The summed E-state index contributed by atoms with van der Waals surface area (Å²) in [5.74, 6) is -0.0688. The Balaban J connectivity index is 1.59. The molecule has 1 aromatic heterocycles. The highest BCUT2D eigenvalue weighted by molar-refractivity contribution is 6.04. The Kier molecular flexibility index (Phi) is 3.27. The summed E-state index contributed by atoms with van der Waals surface area (Å²) in [7, 11) is 0. The summed E-state index contributed by atoms with van der Waals surface area (Å²) in [6.07, 6.45) is 5.55. The Morgan fingerprint density at radius 2 is 1.70 bits per heavy atom. The highest BCUT2D eigenvalue weighted by Gasteiger charge is 2.22. The number of hydrogen-bond acceptors (Lipinski definition) is 3. The summed E-state index contributed by atoms with van der Waals surface area (Å²) < 4.78 is 0. The molecule has 2 N–H and O–H groups in total. The number of fused-ring (bicyclic) bond motifs is 2. The minimum absolute atomic E-state index is 0.0688. The van der Waals surface area contributed by atoms with Crippen LogP contribution in [0.15, 0.2) is 66.9 Å². The van der Waals surface area contributed by atoms with Crippen molar-refractivity contribution in [3.8, 4) is 0 Å². The quantitative estimate of drug-likeness (QED) is 0.759. The molecule has 0 bridgehead atoms. The lowest BCUT2D eigenvalue weighted by Gasteiger charge is -2.24. The molecule has 4 rings (SSSR count). The van der Waals surface area contributed by atoms with Gasteiger partial charge < -0.3 is 10.6 Å². The van der Waals surface area contributed by atoms with E-state index < -0.39 is 6.04 Å². The van der Waals surface area contributed by atoms with Gasteiger partial charge in [-0.1, -0.05) is 42.5 Å². The molecule has 2 aromatic carbocycles. The zero-order chi connectivity index (χ0) is 15.6. The number of pyridine rings is 1. The van der Waals surface area contributed by atoms with Crippen molar-refractivity contribution in [2.75, 3.05) is 10.6 Å². The highest BCUT2D eigenvalue weighted by Crippen LogP contribution is 2.26. The second kappa shape index (κ2) is 5.57. The van der Waals surface area contributed by atoms with E-state index in [9.17, 15) is 4.79 Å². The Morgan fingerprint density at radius 3 is 2.57 bits per heavy atom. The van der Waals surface area contributed by atoms with Crippen molar-refractivity contribution >= 4 is 34.1 Å². The van der Waals surface area contributed by atoms with Crippen LogP contribution < -0.4 is 10.6 Å². The van der Waals surface area contributed by atoms with Crippen LogP contribution in [0.1, 0.15) is 5.69 Å². The number of hydrogen-bond donors (Lipinski definition) is 2. The molecular weight excluding hydrogens is 286 g/mol. The predicted octanol–water partition coefficient (Wildman–Crippen LogP) is 3.68. The third-order valence-corrected chi connectivity index (χ3v) is 3.89. The van der Waals surface area contributed by atoms with Gasteiger partial charge in [-0.3, -0.25) is 9.78 Å². The fraction of sp³-hybridized carbons (Fsp3) is 0.0526. The monoisotopic (exact) mass is 301 g/mol. The fourth-order valence-corrected chi connectivity index (χ4v) is 2.68. The molecule has 3 aromatic rings. The fourth-order valence-electron chi connectivity index (χ4n) is 2.68. The number of carbonyl (C=O) groups excluding carboxylic acids is 1. The number of rotatable bonds is 2. The Bertz CT molecular complexity index is 917. The van der Waals surface area contributed by atoms with Crippen molar-refractivity contribution in [3.63, 3.8) is 0 Å². The largest absolute Gasteiger partial charge is 0.369 e. The molecule has 1 amide bonds. The normalized spacial score (nSPS) is 16.9. The summed E-state index contributed by atoms with van der Waals surface area (Å²) in [4.78, 5) is 16.6. The maximum absolute atomic E-state index is 12.1. The zero-order valence-electron chi connectivity index (χ0n) is 12.4. The first-order chi connectivity index (χ1) is 11.3. The number of amides is 1. The lowest BCUT2D eigenvalue weighted by Crippen LogP contribution is -2.37. The van der Waals surface area contributed by atoms with Crippen LogP contribution >= 0.6 is 0 Å². The second-order valence-electron chi connectivity index (χ2n) is 5.47. The van der Waals surface area contributed by atoms with E-state index >= 15 is 0 Å². The van der Waals surface area contributed by atoms with Crippen molar-refractivity contribution in [2.24, 2.45) is 0 Å². The van der Waals surface area contributed by atoms with Gasteiger partial charge in [-0.25, -0.2) is 0 Å². The number of para-hydroxylation sites is 2. The molecule has 112 valence electrons. The van der Waals surface area contributed by atoms with E-state index in [0.29, 0.717) is 0 Å². The number of carbonyl (C=O) groups is 1. The molecule has 0 fully saturated rings. The average Bonchev–Trinajstić information content (AvgIpc) is 2.59. The molecule has 2 heterocycles. The van der Waals surface area contributed by atoms with Crippen molar-refractivity contribution < 1.29 is 4.79 Å². The maximum Gasteiger partial charge on any atom is 0.250 e. The van der Waals surface area contributed by atoms with Crippen LogP contribution in [0.5, 0.6) is 0 Å². The molecule has 23 heavy (non-hydrogen) atoms. The third-order valence-electron chi connectivity index (χ3n) is 3.89. The van der Waals surface area contributed by atoms with Crippen LogP contribution in [0.4, 0.5) is 11.4 Å². The number of nitrogens with zero attached hydrogens (tertiary/aromatic N) is 1. The molecule has 1 atom stereocenters. The topological polar surface area (TPSA) is 54.0 Å². The lowest BCUT2D eigenvalue weighted by atomic mass is 10.1. The molecule has 0 spiro atoms. The summed E-state index contributed by atoms with van der Waals surface area (Å²) >= 11 is 0. The van der Waals surface area contributed by atoms with Crippen LogP contribution in [0.25, 0.3) is 16.8 Å². The molecule has 0 saturated carbocycles. The van der Waals surface area contributed by atoms with Gasteiger partial charge in [0, 0.05) is 11.6 Å². The third kappa shape index (κ3) is 2.66. The van der Waals surface area contributed by atoms with Gasteiger partial charge in [0.25, 0.3) is 5.91 Å². The first-order valence-electron chi connectivity index (χ1n) is 7.49. The maximum atomic E-state index is 12.1. The van der Waals surface area contributed by atoms with Crippen LogP contribution in [0.2, 0.25) is 0 Å². The van der Waals surface area contributed by atoms with Gasteiger partial charge in [-0.15, -0.1) is 0 Å². The van der Waals surface area contributed by atoms with E-state index in [0.717, 1.165) is 27.8 Å². The van der Waals surface area contributed by atoms with Crippen molar-refractivity contribution in [1.29, 1.82) is 0 Å². The van der Waals surface area contributed by atoms with Gasteiger partial charge in [0.15, 0.2) is 0 Å². The van der Waals surface area contributed by atoms with E-state index in [-0.39, 0.29) is 5.91 Å². The predicted molar refractivity (Wildman–Crippen MR) is 93.3 cm³/mol. The van der Waals surface area contributed by atoms with Gasteiger partial charge >= 0.3 is 0 Å². The van der Waals surface area contributed by atoms with E-state index in [1.165, 1.54) is 0 Å². The summed E-state index contributed by atoms with van der Waals surface area (Å²) in [5.41, 5.74) is 2.57. The zero-order valence-corrected chi connectivity index (χ0v) is 12.4. The van der Waals surface area contributed by atoms with Crippen LogP contribution in [-0.4, -0.2) is 16.9 Å². The minimum Gasteiger partial charge on any atom is -0.369 e. The van der Waals surface area contributed by atoms with Crippen LogP contribution in [0.3, 0.4) is 0 Å². The van der Waals surface area contributed by atoms with Crippen molar-refractivity contribution in [3.05, 3.63) is 72.6 Å². The highest BCUT2D eigenvalue weighted by atomic mass is 16.2.